The Morgan fingerprint density at radius 2 is 1.80 bits per heavy atom. The first-order chi connectivity index (χ1) is 19.4. The summed E-state index contributed by atoms with van der Waals surface area (Å²) in [5.41, 5.74) is 9.12. The van der Waals surface area contributed by atoms with Crippen molar-refractivity contribution in [3.63, 3.8) is 0 Å². The molecule has 198 valence electrons. The number of benzene rings is 2. The van der Waals surface area contributed by atoms with E-state index in [4.69, 9.17) is 28.2 Å². The van der Waals surface area contributed by atoms with Crippen LogP contribution in [0.4, 0.5) is 0 Å². The second-order valence-corrected chi connectivity index (χ2v) is 11.9. The summed E-state index contributed by atoms with van der Waals surface area (Å²) in [6, 6.07) is 15.7. The minimum absolute atomic E-state index is 0.0292. The van der Waals surface area contributed by atoms with Crippen molar-refractivity contribution in [2.45, 2.75) is 44.1 Å². The van der Waals surface area contributed by atoms with Crippen LogP contribution in [-0.4, -0.2) is 31.1 Å². The number of rotatable bonds is 4. The third-order valence-electron chi connectivity index (χ3n) is 8.72. The Morgan fingerprint density at radius 3 is 2.65 bits per heavy atom. The molecule has 0 bridgehead atoms. The zero-order chi connectivity index (χ0) is 27.1. The molecular weight excluding hydrogens is 545 g/mol. The van der Waals surface area contributed by atoms with Crippen molar-refractivity contribution in [1.82, 2.24) is 19.6 Å². The smallest absolute Gasteiger partial charge is 0.251 e. The van der Waals surface area contributed by atoms with Crippen LogP contribution in [0.2, 0.25) is 10.2 Å². The van der Waals surface area contributed by atoms with Gasteiger partial charge in [0.05, 0.1) is 17.9 Å². The van der Waals surface area contributed by atoms with Gasteiger partial charge in [0, 0.05) is 59.4 Å². The number of aryl methyl sites for hydroxylation is 1. The van der Waals surface area contributed by atoms with Crippen molar-refractivity contribution in [1.29, 1.82) is 0 Å². The van der Waals surface area contributed by atoms with Crippen LogP contribution in [0, 0.1) is 5.92 Å². The van der Waals surface area contributed by atoms with Crippen molar-refractivity contribution in [2.75, 3.05) is 0 Å². The molecule has 0 N–H and O–H groups in total. The number of fused-ring (bicyclic) bond motifs is 4. The molecule has 4 aliphatic rings. The highest BCUT2D eigenvalue weighted by atomic mass is 35.5. The Morgan fingerprint density at radius 1 is 0.900 bits per heavy atom. The van der Waals surface area contributed by atoms with Gasteiger partial charge in [-0.05, 0) is 70.9 Å². The number of hydrogen-bond acceptors (Lipinski definition) is 5. The summed E-state index contributed by atoms with van der Waals surface area (Å²) in [5.74, 6) is 1.04. The quantitative estimate of drug-likeness (QED) is 0.302. The molecule has 4 aromatic rings. The van der Waals surface area contributed by atoms with E-state index in [0.717, 1.165) is 58.6 Å². The maximum Gasteiger partial charge on any atom is 0.251 e. The highest BCUT2D eigenvalue weighted by Gasteiger charge is 2.54. The summed E-state index contributed by atoms with van der Waals surface area (Å²) >= 11 is 12.4. The zero-order valence-corrected chi connectivity index (χ0v) is 22.9. The molecular formula is C31H23Cl2N5O2. The van der Waals surface area contributed by atoms with Crippen molar-refractivity contribution in [2.24, 2.45) is 10.9 Å². The largest absolute Gasteiger partial charge is 0.303 e. The van der Waals surface area contributed by atoms with E-state index in [1.165, 1.54) is 11.1 Å². The van der Waals surface area contributed by atoms with Crippen LogP contribution in [0.15, 0.2) is 70.7 Å². The van der Waals surface area contributed by atoms with Gasteiger partial charge in [0.25, 0.3) is 5.56 Å². The average Bonchev–Trinajstić information content (AvgIpc) is 3.23. The molecule has 2 aromatic heterocycles. The number of carbonyl (C=O) groups is 1. The highest BCUT2D eigenvalue weighted by Crippen LogP contribution is 2.60. The van der Waals surface area contributed by atoms with Gasteiger partial charge in [-0.2, -0.15) is 0 Å². The Kier molecular flexibility index (Phi) is 5.31. The van der Waals surface area contributed by atoms with Gasteiger partial charge in [-0.15, -0.1) is 5.10 Å². The van der Waals surface area contributed by atoms with E-state index < -0.39 is 0 Å². The lowest BCUT2D eigenvalue weighted by Crippen LogP contribution is -2.29. The van der Waals surface area contributed by atoms with Crippen LogP contribution >= 0.6 is 23.2 Å². The summed E-state index contributed by atoms with van der Waals surface area (Å²) in [6.07, 6.45) is 7.33. The lowest BCUT2D eigenvalue weighted by Gasteiger charge is -2.20. The first-order valence-electron chi connectivity index (χ1n) is 13.5. The minimum atomic E-state index is -0.0400. The number of allylic oxidation sites excluding steroid dienone is 1. The average molecular weight is 568 g/mol. The first-order valence-corrected chi connectivity index (χ1v) is 14.2. The second-order valence-electron chi connectivity index (χ2n) is 11.1. The Balaban J connectivity index is 1.11. The van der Waals surface area contributed by atoms with Crippen LogP contribution in [0.3, 0.4) is 0 Å². The molecule has 0 spiro atoms. The van der Waals surface area contributed by atoms with Gasteiger partial charge < -0.3 is 4.57 Å². The van der Waals surface area contributed by atoms with Crippen molar-refractivity contribution in [3.05, 3.63) is 104 Å². The predicted octanol–water partition coefficient (Wildman–Crippen LogP) is 6.00. The minimum Gasteiger partial charge on any atom is -0.303 e. The number of Topliss-reactive ketones (excluding diaryl/α,β-unsaturated/α-hetero) is 1. The van der Waals surface area contributed by atoms with Gasteiger partial charge in [0.1, 0.15) is 5.78 Å². The third kappa shape index (κ3) is 3.83. The van der Waals surface area contributed by atoms with Crippen molar-refractivity contribution >= 4 is 40.3 Å². The van der Waals surface area contributed by atoms with Gasteiger partial charge in [-0.3, -0.25) is 14.6 Å². The maximum atomic E-state index is 13.7. The fourth-order valence-electron chi connectivity index (χ4n) is 6.74. The normalized spacial score (nSPS) is 22.4. The number of pyridine rings is 1. The molecule has 0 amide bonds. The van der Waals surface area contributed by atoms with E-state index in [9.17, 15) is 9.59 Å². The molecule has 0 saturated heterocycles. The van der Waals surface area contributed by atoms with E-state index in [1.54, 1.807) is 23.0 Å². The molecule has 2 aliphatic carbocycles. The summed E-state index contributed by atoms with van der Waals surface area (Å²) in [6.45, 7) is 0. The molecule has 40 heavy (non-hydrogen) atoms. The van der Waals surface area contributed by atoms with E-state index in [-0.39, 0.29) is 16.8 Å². The van der Waals surface area contributed by atoms with Crippen LogP contribution in [0.1, 0.15) is 53.6 Å². The lowest BCUT2D eigenvalue weighted by molar-refractivity contribution is -0.118. The van der Waals surface area contributed by atoms with Crippen molar-refractivity contribution in [3.8, 4) is 16.8 Å². The number of nitrogens with zero attached hydrogens (tertiary/aromatic N) is 5. The van der Waals surface area contributed by atoms with Gasteiger partial charge in [-0.25, -0.2) is 4.68 Å². The topological polar surface area (TPSA) is 82.1 Å². The fourth-order valence-corrected chi connectivity index (χ4v) is 7.04. The molecule has 4 heterocycles. The maximum absolute atomic E-state index is 13.7. The fraction of sp³-hybridized carbons (Fsp3) is 0.258. The lowest BCUT2D eigenvalue weighted by atomic mass is 9.87. The van der Waals surface area contributed by atoms with Crippen LogP contribution in [0.25, 0.3) is 22.4 Å². The van der Waals surface area contributed by atoms with Crippen LogP contribution < -0.4 is 5.56 Å². The summed E-state index contributed by atoms with van der Waals surface area (Å²) in [5, 5.41) is 8.87. The first kappa shape index (κ1) is 24.0. The predicted molar refractivity (Wildman–Crippen MR) is 154 cm³/mol. The SMILES string of the molecule is O=C1CCc2cc(C3=CN=C([C@@H]4[C@H]5C[C@H]5c5cc(-c6cc(Cl)ccc6-n6cc(Cl)nn6)cc(=O)n54)C3)ccc2C1. The summed E-state index contributed by atoms with van der Waals surface area (Å²) in [4.78, 5) is 30.4. The van der Waals surface area contributed by atoms with Gasteiger partial charge in [-0.1, -0.05) is 46.6 Å². The van der Waals surface area contributed by atoms with Gasteiger partial charge >= 0.3 is 0 Å². The van der Waals surface area contributed by atoms with Gasteiger partial charge in [0.2, 0.25) is 0 Å². The standard InChI is InChI=1S/C31H23Cl2N5O2/c32-21-4-6-27(37-15-29(33)35-36-37)23(12-21)19-10-28-24-13-25(24)31(38(28)30(40)11-19)26-9-20(14-34-26)17-1-2-18-8-22(39)5-3-16(18)7-17/h1-2,4,6-7,10-12,14-15,24-25,31H,3,5,8-9,13H2/t24-,25+,31+/m1/s1. The van der Waals surface area contributed by atoms with E-state index in [1.807, 2.05) is 22.9 Å². The molecule has 1 saturated carbocycles. The highest BCUT2D eigenvalue weighted by molar-refractivity contribution is 6.31. The van der Waals surface area contributed by atoms with E-state index in [0.29, 0.717) is 35.5 Å². The molecule has 3 atom stereocenters. The molecule has 2 aliphatic heterocycles. The summed E-state index contributed by atoms with van der Waals surface area (Å²) < 4.78 is 3.55. The Bertz CT molecular complexity index is 1880. The Hall–Kier alpha value is -3.81. The van der Waals surface area contributed by atoms with Gasteiger partial charge in [0.15, 0.2) is 5.15 Å². The number of hydrogen-bond donors (Lipinski definition) is 0. The molecule has 1 fully saturated rings. The molecule has 9 heteroatoms. The molecule has 0 unspecified atom stereocenters. The van der Waals surface area contributed by atoms with Crippen molar-refractivity contribution < 1.29 is 4.79 Å². The third-order valence-corrected chi connectivity index (χ3v) is 9.13. The number of halogens is 2. The van der Waals surface area contributed by atoms with Crippen LogP contribution in [0.5, 0.6) is 0 Å². The number of carbonyl (C=O) groups excluding carboxylic acids is 1. The zero-order valence-electron chi connectivity index (χ0n) is 21.3. The van der Waals surface area contributed by atoms with E-state index in [2.05, 4.69) is 34.6 Å². The molecule has 8 rings (SSSR count). The monoisotopic (exact) mass is 567 g/mol. The number of aromatic nitrogens is 4. The number of ketones is 1. The Labute approximate surface area is 239 Å². The molecule has 7 nitrogen and oxygen atoms in total. The van der Waals surface area contributed by atoms with Crippen LogP contribution in [-0.2, 0) is 17.6 Å². The summed E-state index contributed by atoms with van der Waals surface area (Å²) in [7, 11) is 0. The molecule has 2 aromatic carbocycles. The second kappa shape index (κ2) is 8.85. The number of aliphatic imine (C=N–C) groups is 1. The van der Waals surface area contributed by atoms with E-state index >= 15 is 0 Å². The molecule has 0 radical (unpaired) electrons.